The highest BCUT2D eigenvalue weighted by Crippen LogP contribution is 2.19. The second kappa shape index (κ2) is 6.54. The minimum atomic E-state index is -0.803. The van der Waals surface area contributed by atoms with Gasteiger partial charge in [0.25, 0.3) is 0 Å². The van der Waals surface area contributed by atoms with Crippen molar-refractivity contribution in [2.45, 2.75) is 6.04 Å². The summed E-state index contributed by atoms with van der Waals surface area (Å²) in [7, 11) is 1.75. The van der Waals surface area contributed by atoms with E-state index in [0.717, 1.165) is 0 Å². The summed E-state index contributed by atoms with van der Waals surface area (Å²) in [5, 5.41) is 15.2. The van der Waals surface area contributed by atoms with Crippen LogP contribution in [0.5, 0.6) is 5.75 Å². The first-order valence-corrected chi connectivity index (χ1v) is 6.25. The van der Waals surface area contributed by atoms with Crippen LogP contribution >= 0.6 is 0 Å². The summed E-state index contributed by atoms with van der Waals surface area (Å²) >= 11 is 0. The fraction of sp³-hybridized carbons (Fsp3) is 0.214. The Morgan fingerprint density at radius 3 is 3.10 bits per heavy atom. The molecule has 0 spiro atoms. The molecule has 1 heterocycles. The number of nitrogens with zero attached hydrogens (tertiary/aromatic N) is 3. The van der Waals surface area contributed by atoms with Gasteiger partial charge in [-0.25, -0.2) is 0 Å². The smallest absolute Gasteiger partial charge is 0.246 e. The zero-order valence-electron chi connectivity index (χ0n) is 11.5. The number of hydrogen-bond acceptors (Lipinski definition) is 5. The molecular weight excluding hydrogens is 270 g/mol. The molecule has 0 fully saturated rings. The lowest BCUT2D eigenvalue weighted by molar-refractivity contribution is -0.117. The van der Waals surface area contributed by atoms with E-state index >= 15 is 0 Å². The van der Waals surface area contributed by atoms with Gasteiger partial charge in [-0.3, -0.25) is 9.48 Å². The van der Waals surface area contributed by atoms with Crippen molar-refractivity contribution in [1.29, 1.82) is 5.26 Å². The van der Waals surface area contributed by atoms with Crippen LogP contribution in [0.1, 0.15) is 11.6 Å². The first kappa shape index (κ1) is 14.6. The first-order valence-electron chi connectivity index (χ1n) is 6.25. The second-order valence-electron chi connectivity index (χ2n) is 4.39. The number of ether oxygens (including phenoxy) is 1. The van der Waals surface area contributed by atoms with E-state index < -0.39 is 6.04 Å². The third-order valence-electron chi connectivity index (χ3n) is 2.77. The molecule has 1 aromatic heterocycles. The van der Waals surface area contributed by atoms with Gasteiger partial charge in [0, 0.05) is 30.6 Å². The van der Waals surface area contributed by atoms with Gasteiger partial charge in [0.2, 0.25) is 5.91 Å². The number of carbonyl (C=O) groups is 1. The standard InChI is InChI=1S/C14H15N5O2/c1-19-9-10(8-17-19)13(16)14(20)18-11-3-2-4-12(7-11)21-6-5-15/h2-4,7-9,13H,6,16H2,1H3,(H,18,20). The van der Waals surface area contributed by atoms with Crippen LogP contribution in [0, 0.1) is 11.3 Å². The maximum Gasteiger partial charge on any atom is 0.246 e. The molecule has 2 aromatic rings. The van der Waals surface area contributed by atoms with E-state index in [2.05, 4.69) is 10.4 Å². The molecular formula is C14H15N5O2. The van der Waals surface area contributed by atoms with Crippen molar-refractivity contribution in [3.05, 3.63) is 42.2 Å². The van der Waals surface area contributed by atoms with Crippen LogP contribution in [0.15, 0.2) is 36.7 Å². The number of amides is 1. The van der Waals surface area contributed by atoms with Crippen LogP contribution in [0.2, 0.25) is 0 Å². The molecule has 0 aliphatic carbocycles. The fourth-order valence-corrected chi connectivity index (χ4v) is 1.75. The van der Waals surface area contributed by atoms with Crippen molar-refractivity contribution in [2.75, 3.05) is 11.9 Å². The zero-order chi connectivity index (χ0) is 15.2. The van der Waals surface area contributed by atoms with Crippen molar-refractivity contribution in [3.63, 3.8) is 0 Å². The van der Waals surface area contributed by atoms with Gasteiger partial charge in [-0.05, 0) is 12.1 Å². The third-order valence-corrected chi connectivity index (χ3v) is 2.77. The molecule has 7 heteroatoms. The number of anilines is 1. The number of carbonyl (C=O) groups excluding carboxylic acids is 1. The van der Waals surface area contributed by atoms with Gasteiger partial charge in [-0.2, -0.15) is 10.4 Å². The van der Waals surface area contributed by atoms with Crippen LogP contribution < -0.4 is 15.8 Å². The van der Waals surface area contributed by atoms with Crippen LogP contribution in [0.3, 0.4) is 0 Å². The Morgan fingerprint density at radius 1 is 1.62 bits per heavy atom. The Labute approximate surface area is 121 Å². The molecule has 1 atom stereocenters. The van der Waals surface area contributed by atoms with E-state index in [9.17, 15) is 4.79 Å². The molecule has 0 radical (unpaired) electrons. The van der Waals surface area contributed by atoms with E-state index in [-0.39, 0.29) is 12.5 Å². The van der Waals surface area contributed by atoms with Crippen molar-refractivity contribution in [2.24, 2.45) is 12.8 Å². The highest BCUT2D eigenvalue weighted by Gasteiger charge is 2.17. The van der Waals surface area contributed by atoms with Crippen LogP contribution in [0.25, 0.3) is 0 Å². The van der Waals surface area contributed by atoms with Gasteiger partial charge >= 0.3 is 0 Å². The molecule has 108 valence electrons. The Morgan fingerprint density at radius 2 is 2.43 bits per heavy atom. The second-order valence-corrected chi connectivity index (χ2v) is 4.39. The number of nitrogens with one attached hydrogen (secondary N) is 1. The maximum atomic E-state index is 12.1. The van der Waals surface area contributed by atoms with Crippen LogP contribution in [0.4, 0.5) is 5.69 Å². The molecule has 1 unspecified atom stereocenters. The monoisotopic (exact) mass is 285 g/mol. The third kappa shape index (κ3) is 3.81. The topological polar surface area (TPSA) is 106 Å². The van der Waals surface area contributed by atoms with Gasteiger partial charge in [-0.1, -0.05) is 6.07 Å². The number of aryl methyl sites for hydroxylation is 1. The first-order chi connectivity index (χ1) is 10.1. The molecule has 0 bridgehead atoms. The average Bonchev–Trinajstić information content (AvgIpc) is 2.91. The summed E-state index contributed by atoms with van der Waals surface area (Å²) < 4.78 is 6.75. The lowest BCUT2D eigenvalue weighted by Gasteiger charge is -2.11. The van der Waals surface area contributed by atoms with E-state index in [1.54, 1.807) is 48.4 Å². The molecule has 0 saturated heterocycles. The molecule has 0 saturated carbocycles. The zero-order valence-corrected chi connectivity index (χ0v) is 11.5. The number of benzene rings is 1. The average molecular weight is 285 g/mol. The van der Waals surface area contributed by atoms with Gasteiger partial charge in [0.05, 0.1) is 6.20 Å². The van der Waals surface area contributed by atoms with Crippen LogP contribution in [-0.4, -0.2) is 22.3 Å². The summed E-state index contributed by atoms with van der Waals surface area (Å²) in [5.74, 6) is 0.157. The van der Waals surface area contributed by atoms with Gasteiger partial charge in [0.1, 0.15) is 17.9 Å². The lowest BCUT2D eigenvalue weighted by atomic mass is 10.1. The highest BCUT2D eigenvalue weighted by atomic mass is 16.5. The molecule has 3 N–H and O–H groups in total. The number of rotatable bonds is 5. The SMILES string of the molecule is Cn1cc(C(N)C(=O)Nc2cccc(OCC#N)c2)cn1. The van der Waals surface area contributed by atoms with E-state index in [4.69, 9.17) is 15.7 Å². The summed E-state index contributed by atoms with van der Waals surface area (Å²) in [5.41, 5.74) is 7.06. The van der Waals surface area contributed by atoms with Gasteiger partial charge in [0.15, 0.2) is 6.61 Å². The molecule has 0 aliphatic heterocycles. The Kier molecular flexibility index (Phi) is 4.53. The molecule has 1 aromatic carbocycles. The number of nitrogens with two attached hydrogens (primary N) is 1. The summed E-state index contributed by atoms with van der Waals surface area (Å²) in [4.78, 5) is 12.1. The van der Waals surface area contributed by atoms with Crippen molar-refractivity contribution < 1.29 is 9.53 Å². The molecule has 0 aliphatic rings. The van der Waals surface area contributed by atoms with E-state index in [1.807, 2.05) is 6.07 Å². The van der Waals surface area contributed by atoms with Crippen molar-refractivity contribution in [1.82, 2.24) is 9.78 Å². The van der Waals surface area contributed by atoms with Gasteiger partial charge < -0.3 is 15.8 Å². The van der Waals surface area contributed by atoms with Crippen LogP contribution in [-0.2, 0) is 11.8 Å². The van der Waals surface area contributed by atoms with Gasteiger partial charge in [-0.15, -0.1) is 0 Å². The van der Waals surface area contributed by atoms with E-state index in [1.165, 1.54) is 0 Å². The minimum absolute atomic E-state index is 0.0490. The summed E-state index contributed by atoms with van der Waals surface area (Å²) in [6.07, 6.45) is 3.24. The maximum absolute atomic E-state index is 12.1. The Hall–Kier alpha value is -2.85. The molecule has 7 nitrogen and oxygen atoms in total. The highest BCUT2D eigenvalue weighted by molar-refractivity contribution is 5.95. The normalized spacial score (nSPS) is 11.5. The minimum Gasteiger partial charge on any atom is -0.479 e. The Bertz CT molecular complexity index is 674. The van der Waals surface area contributed by atoms with Crippen molar-refractivity contribution >= 4 is 11.6 Å². The van der Waals surface area contributed by atoms with Crippen molar-refractivity contribution in [3.8, 4) is 11.8 Å². The Balaban J connectivity index is 2.04. The van der Waals surface area contributed by atoms with E-state index in [0.29, 0.717) is 17.0 Å². The molecule has 2 rings (SSSR count). The number of hydrogen-bond donors (Lipinski definition) is 2. The molecule has 21 heavy (non-hydrogen) atoms. The predicted molar refractivity (Wildman–Crippen MR) is 76.3 cm³/mol. The molecule has 1 amide bonds. The lowest BCUT2D eigenvalue weighted by Crippen LogP contribution is -2.27. The number of aromatic nitrogens is 2. The quantitative estimate of drug-likeness (QED) is 0.851. The summed E-state index contributed by atoms with van der Waals surface area (Å²) in [6.45, 7) is -0.0490. The fourth-order valence-electron chi connectivity index (χ4n) is 1.75. The number of nitriles is 1. The predicted octanol–water partition coefficient (Wildman–Crippen LogP) is 0.961. The largest absolute Gasteiger partial charge is 0.479 e. The summed E-state index contributed by atoms with van der Waals surface area (Å²) in [6, 6.07) is 7.84.